The fraction of sp³-hybridized carbons (Fsp3) is 0.308. The van der Waals surface area contributed by atoms with Gasteiger partial charge < -0.3 is 9.47 Å². The third kappa shape index (κ3) is 3.82. The number of aromatic nitrogens is 2. The maximum absolute atomic E-state index is 13.8. The monoisotopic (exact) mass is 336 g/mol. The van der Waals surface area contributed by atoms with Crippen molar-refractivity contribution in [3.05, 3.63) is 30.1 Å². The minimum absolute atomic E-state index is 0.102. The number of carbonyl (C=O) groups excluding carboxylic acids is 1. The van der Waals surface area contributed by atoms with Gasteiger partial charge in [-0.2, -0.15) is 8.78 Å². The highest BCUT2D eigenvalue weighted by atomic mass is 19.4. The number of carbonyl (C=O) groups is 1. The molecule has 10 heteroatoms. The lowest BCUT2D eigenvalue weighted by atomic mass is 10.2. The van der Waals surface area contributed by atoms with Crippen LogP contribution >= 0.6 is 0 Å². The maximum Gasteiger partial charge on any atom is 0.573 e. The number of hydrogen-bond acceptors (Lipinski definition) is 5. The molecule has 0 aliphatic heterocycles. The van der Waals surface area contributed by atoms with Gasteiger partial charge in [0.15, 0.2) is 0 Å². The van der Waals surface area contributed by atoms with Crippen molar-refractivity contribution in [2.45, 2.75) is 19.2 Å². The zero-order valence-electron chi connectivity index (χ0n) is 11.5. The first-order valence-electron chi connectivity index (χ1n) is 6.21. The molecule has 0 bridgehead atoms. The van der Waals surface area contributed by atoms with Crippen molar-refractivity contribution in [3.63, 3.8) is 0 Å². The molecule has 23 heavy (non-hydrogen) atoms. The molecule has 0 saturated carbocycles. The highest BCUT2D eigenvalue weighted by Gasteiger charge is 2.44. The quantitative estimate of drug-likeness (QED) is 0.634. The summed E-state index contributed by atoms with van der Waals surface area (Å²) in [6.45, 7) is 1.12. The van der Waals surface area contributed by atoms with Crippen molar-refractivity contribution in [1.29, 1.82) is 0 Å². The van der Waals surface area contributed by atoms with Gasteiger partial charge in [-0.05, 0) is 19.1 Å². The van der Waals surface area contributed by atoms with Gasteiger partial charge in [-0.3, -0.25) is 4.98 Å². The second kappa shape index (κ2) is 5.94. The van der Waals surface area contributed by atoms with E-state index in [2.05, 4.69) is 19.4 Å². The van der Waals surface area contributed by atoms with Crippen molar-refractivity contribution in [3.8, 4) is 5.75 Å². The van der Waals surface area contributed by atoms with E-state index in [0.717, 1.165) is 18.2 Å². The molecule has 0 amide bonds. The largest absolute Gasteiger partial charge is 0.573 e. The lowest BCUT2D eigenvalue weighted by Gasteiger charge is -2.14. The summed E-state index contributed by atoms with van der Waals surface area (Å²) in [6, 6.07) is 2.81. The zero-order valence-corrected chi connectivity index (χ0v) is 11.5. The molecule has 0 atom stereocenters. The molecule has 2 aromatic rings. The Morgan fingerprint density at radius 2 is 1.87 bits per heavy atom. The molecular formula is C13H9F5N2O3. The van der Waals surface area contributed by atoms with Crippen LogP contribution in [0.2, 0.25) is 0 Å². The van der Waals surface area contributed by atoms with Crippen molar-refractivity contribution in [2.75, 3.05) is 6.61 Å². The summed E-state index contributed by atoms with van der Waals surface area (Å²) in [7, 11) is 0. The van der Waals surface area contributed by atoms with Gasteiger partial charge in [-0.1, -0.05) is 0 Å². The lowest BCUT2D eigenvalue weighted by molar-refractivity contribution is -0.274. The molecule has 0 spiro atoms. The van der Waals surface area contributed by atoms with Crippen LogP contribution in [0, 0.1) is 0 Å². The number of fused-ring (bicyclic) bond motifs is 1. The minimum Gasteiger partial charge on any atom is -0.461 e. The van der Waals surface area contributed by atoms with Crippen molar-refractivity contribution >= 4 is 17.0 Å². The predicted octanol–water partition coefficient (Wildman–Crippen LogP) is 3.18. The molecule has 1 aromatic carbocycles. The Bertz CT molecular complexity index is 733. The first-order valence-corrected chi connectivity index (χ1v) is 6.21. The Morgan fingerprint density at radius 1 is 1.17 bits per heavy atom. The standard InChI is InChI=1S/C13H9F5N2O3/c1-2-22-11(21)12(14,15)10-6-19-9-5-7(23-13(16,17)18)3-4-8(9)20-10/h3-6H,2H2,1H3. The number of nitrogens with zero attached hydrogens (tertiary/aromatic N) is 2. The number of ether oxygens (including phenoxy) is 2. The average molecular weight is 336 g/mol. The van der Waals surface area contributed by atoms with E-state index in [1.54, 1.807) is 0 Å². The molecule has 124 valence electrons. The Labute approximate surface area is 126 Å². The van der Waals surface area contributed by atoms with Crippen molar-refractivity contribution in [1.82, 2.24) is 9.97 Å². The summed E-state index contributed by atoms with van der Waals surface area (Å²) in [5.41, 5.74) is -1.19. The highest BCUT2D eigenvalue weighted by molar-refractivity contribution is 5.81. The summed E-state index contributed by atoms with van der Waals surface area (Å²) < 4.78 is 71.9. The molecular weight excluding hydrogens is 327 g/mol. The molecule has 0 N–H and O–H groups in total. The van der Waals surface area contributed by atoms with E-state index in [1.165, 1.54) is 6.92 Å². The summed E-state index contributed by atoms with van der Waals surface area (Å²) in [5, 5.41) is 0. The average Bonchev–Trinajstić information content (AvgIpc) is 2.45. The smallest absolute Gasteiger partial charge is 0.461 e. The van der Waals surface area contributed by atoms with Crippen molar-refractivity contribution < 1.29 is 36.2 Å². The van der Waals surface area contributed by atoms with Gasteiger partial charge in [0.05, 0.1) is 23.8 Å². The molecule has 0 fully saturated rings. The third-order valence-corrected chi connectivity index (χ3v) is 2.60. The number of rotatable bonds is 4. The van der Waals surface area contributed by atoms with E-state index in [4.69, 9.17) is 0 Å². The van der Waals surface area contributed by atoms with Gasteiger partial charge in [0.1, 0.15) is 11.4 Å². The second-order valence-electron chi connectivity index (χ2n) is 4.25. The summed E-state index contributed by atoms with van der Waals surface area (Å²) >= 11 is 0. The van der Waals surface area contributed by atoms with E-state index < -0.39 is 29.7 Å². The van der Waals surface area contributed by atoms with Gasteiger partial charge in [-0.15, -0.1) is 13.2 Å². The molecule has 2 rings (SSSR count). The molecule has 0 saturated heterocycles. The first-order chi connectivity index (χ1) is 10.6. The summed E-state index contributed by atoms with van der Waals surface area (Å²) in [4.78, 5) is 18.3. The number of halogens is 5. The van der Waals surface area contributed by atoms with Crippen LogP contribution in [0.3, 0.4) is 0 Å². The fourth-order valence-electron chi connectivity index (χ4n) is 1.67. The predicted molar refractivity (Wildman–Crippen MR) is 66.7 cm³/mol. The topological polar surface area (TPSA) is 61.3 Å². The second-order valence-corrected chi connectivity index (χ2v) is 4.25. The van der Waals surface area contributed by atoms with Crippen LogP contribution in [0.15, 0.2) is 24.4 Å². The lowest BCUT2D eigenvalue weighted by Crippen LogP contribution is -2.29. The van der Waals surface area contributed by atoms with Crippen LogP contribution in [0.1, 0.15) is 12.6 Å². The molecule has 1 heterocycles. The van der Waals surface area contributed by atoms with Gasteiger partial charge in [0, 0.05) is 6.07 Å². The van der Waals surface area contributed by atoms with Gasteiger partial charge in [-0.25, -0.2) is 9.78 Å². The maximum atomic E-state index is 13.8. The van der Waals surface area contributed by atoms with Gasteiger partial charge in [0.25, 0.3) is 0 Å². The van der Waals surface area contributed by atoms with Gasteiger partial charge in [0.2, 0.25) is 0 Å². The molecule has 0 radical (unpaired) electrons. The molecule has 0 unspecified atom stereocenters. The zero-order chi connectivity index (χ0) is 17.3. The first kappa shape index (κ1) is 16.8. The summed E-state index contributed by atoms with van der Waals surface area (Å²) in [6.07, 6.45) is -4.30. The van der Waals surface area contributed by atoms with Gasteiger partial charge >= 0.3 is 18.3 Å². The van der Waals surface area contributed by atoms with Crippen LogP contribution in [0.25, 0.3) is 11.0 Å². The van der Waals surface area contributed by atoms with Crippen LogP contribution in [-0.4, -0.2) is 28.9 Å². The SMILES string of the molecule is CCOC(=O)C(F)(F)c1cnc2cc(OC(F)(F)F)ccc2n1. The normalized spacial score (nSPS) is 12.3. The fourth-order valence-corrected chi connectivity index (χ4v) is 1.67. The van der Waals surface area contributed by atoms with E-state index >= 15 is 0 Å². The van der Waals surface area contributed by atoms with Crippen molar-refractivity contribution in [2.24, 2.45) is 0 Å². The number of alkyl halides is 5. The highest BCUT2D eigenvalue weighted by Crippen LogP contribution is 2.30. The van der Waals surface area contributed by atoms with E-state index in [9.17, 15) is 26.7 Å². The minimum atomic E-state index is -4.89. The molecule has 0 aliphatic rings. The number of hydrogen-bond donors (Lipinski definition) is 0. The van der Waals surface area contributed by atoms with E-state index in [0.29, 0.717) is 6.20 Å². The van der Waals surface area contributed by atoms with Crippen LogP contribution in [0.4, 0.5) is 22.0 Å². The Hall–Kier alpha value is -2.52. The molecule has 5 nitrogen and oxygen atoms in total. The van der Waals surface area contributed by atoms with E-state index in [1.807, 2.05) is 0 Å². The number of esters is 1. The van der Waals surface area contributed by atoms with E-state index in [-0.39, 0.29) is 17.6 Å². The Balaban J connectivity index is 2.37. The van der Waals surface area contributed by atoms with Crippen LogP contribution in [-0.2, 0) is 15.5 Å². The third-order valence-electron chi connectivity index (χ3n) is 2.60. The van der Waals surface area contributed by atoms with Crippen LogP contribution < -0.4 is 4.74 Å². The Kier molecular flexibility index (Phi) is 4.35. The van der Waals surface area contributed by atoms with Crippen LogP contribution in [0.5, 0.6) is 5.75 Å². The summed E-state index contributed by atoms with van der Waals surface area (Å²) in [5.74, 6) is -6.37. The molecule has 1 aromatic heterocycles. The molecule has 0 aliphatic carbocycles. The Morgan fingerprint density at radius 3 is 2.48 bits per heavy atom. The number of benzene rings is 1.